The summed E-state index contributed by atoms with van der Waals surface area (Å²) in [6, 6.07) is 0. The van der Waals surface area contributed by atoms with Gasteiger partial charge in [0.2, 0.25) is 12.6 Å². The molecule has 1 aliphatic carbocycles. The lowest BCUT2D eigenvalue weighted by atomic mass is 9.88. The highest BCUT2D eigenvalue weighted by atomic mass is 28.4. The Labute approximate surface area is 270 Å². The summed E-state index contributed by atoms with van der Waals surface area (Å²) in [4.78, 5) is 60.3. The van der Waals surface area contributed by atoms with Gasteiger partial charge in [-0.1, -0.05) is 20.8 Å². The van der Waals surface area contributed by atoms with Crippen molar-refractivity contribution >= 4 is 38.2 Å². The maximum atomic E-state index is 12.3. The zero-order valence-electron chi connectivity index (χ0n) is 28.1. The Kier molecular flexibility index (Phi) is 12.2. The average Bonchev–Trinajstić information content (AvgIpc) is 3.26. The zero-order valence-corrected chi connectivity index (χ0v) is 29.1. The van der Waals surface area contributed by atoms with E-state index in [2.05, 4.69) is 33.9 Å². The molecule has 0 N–H and O–H groups in total. The lowest BCUT2D eigenvalue weighted by molar-refractivity contribution is -0.342. The van der Waals surface area contributed by atoms with E-state index in [1.165, 1.54) is 20.1 Å². The van der Waals surface area contributed by atoms with Crippen molar-refractivity contribution in [3.63, 3.8) is 0 Å². The number of hydrogen-bond donors (Lipinski definition) is 0. The predicted octanol–water partition coefficient (Wildman–Crippen LogP) is 3.08. The molecule has 258 valence electrons. The van der Waals surface area contributed by atoms with Crippen LogP contribution in [0.5, 0.6) is 0 Å². The van der Waals surface area contributed by atoms with Crippen molar-refractivity contribution in [2.24, 2.45) is 11.8 Å². The number of rotatable bonds is 11. The fraction of sp³-hybridized carbons (Fsp3) is 0.710. The highest BCUT2D eigenvalue weighted by Gasteiger charge is 2.55. The largest absolute Gasteiger partial charge is 0.472 e. The number of hydrogen-bond acceptors (Lipinski definition) is 14. The van der Waals surface area contributed by atoms with Gasteiger partial charge >= 0.3 is 29.8 Å². The second-order valence-electron chi connectivity index (χ2n) is 13.0. The molecule has 9 atom stereocenters. The molecule has 2 heterocycles. The van der Waals surface area contributed by atoms with Crippen molar-refractivity contribution in [1.29, 1.82) is 0 Å². The predicted molar refractivity (Wildman–Crippen MR) is 161 cm³/mol. The van der Waals surface area contributed by atoms with Gasteiger partial charge < -0.3 is 42.3 Å². The molecule has 0 radical (unpaired) electrons. The van der Waals surface area contributed by atoms with E-state index in [-0.39, 0.29) is 11.6 Å². The van der Waals surface area contributed by atoms with Gasteiger partial charge in [0.15, 0.2) is 26.6 Å². The first-order valence-electron chi connectivity index (χ1n) is 15.1. The molecule has 2 aliphatic heterocycles. The van der Waals surface area contributed by atoms with E-state index in [4.69, 9.17) is 42.3 Å². The molecule has 0 aromatic heterocycles. The third-order valence-electron chi connectivity index (χ3n) is 8.33. The Hall–Kier alpha value is -3.27. The van der Waals surface area contributed by atoms with Gasteiger partial charge in [0.25, 0.3) is 0 Å². The van der Waals surface area contributed by atoms with Crippen LogP contribution in [0.4, 0.5) is 0 Å². The molecule has 0 spiro atoms. The van der Waals surface area contributed by atoms with Crippen molar-refractivity contribution in [1.82, 2.24) is 0 Å². The molecule has 14 nitrogen and oxygen atoms in total. The van der Waals surface area contributed by atoms with Crippen LogP contribution in [0.25, 0.3) is 0 Å². The van der Waals surface area contributed by atoms with Crippen LogP contribution in [0, 0.1) is 11.8 Å². The van der Waals surface area contributed by atoms with Crippen LogP contribution in [0.3, 0.4) is 0 Å². The second-order valence-corrected chi connectivity index (χ2v) is 17.8. The Balaban J connectivity index is 2.01. The fourth-order valence-electron chi connectivity index (χ4n) is 5.24. The van der Waals surface area contributed by atoms with Gasteiger partial charge in [-0.15, -0.1) is 0 Å². The van der Waals surface area contributed by atoms with Crippen molar-refractivity contribution < 1.29 is 66.3 Å². The van der Waals surface area contributed by atoms with Crippen molar-refractivity contribution in [3.05, 3.63) is 24.0 Å². The van der Waals surface area contributed by atoms with Gasteiger partial charge in [0, 0.05) is 40.5 Å². The van der Waals surface area contributed by atoms with E-state index in [0.29, 0.717) is 0 Å². The maximum Gasteiger partial charge on any atom is 0.303 e. The van der Waals surface area contributed by atoms with Gasteiger partial charge in [0.1, 0.15) is 18.8 Å². The molecule has 15 heteroatoms. The summed E-state index contributed by atoms with van der Waals surface area (Å²) in [6.45, 7) is 16.3. The van der Waals surface area contributed by atoms with E-state index in [9.17, 15) is 24.0 Å². The first kappa shape index (κ1) is 37.2. The summed E-state index contributed by atoms with van der Waals surface area (Å²) >= 11 is 0. The number of esters is 5. The molecule has 0 aromatic rings. The van der Waals surface area contributed by atoms with Gasteiger partial charge in [-0.25, -0.2) is 0 Å². The quantitative estimate of drug-likeness (QED) is 0.136. The summed E-state index contributed by atoms with van der Waals surface area (Å²) in [6.07, 6.45) is -3.56. The second kappa shape index (κ2) is 15.1. The minimum atomic E-state index is -2.21. The first-order valence-corrected chi connectivity index (χ1v) is 18.0. The van der Waals surface area contributed by atoms with E-state index in [0.717, 1.165) is 26.3 Å². The Morgan fingerprint density at radius 3 is 1.89 bits per heavy atom. The summed E-state index contributed by atoms with van der Waals surface area (Å²) in [5.74, 6) is -4.32. The summed E-state index contributed by atoms with van der Waals surface area (Å²) < 4.78 is 52.3. The lowest BCUT2D eigenvalue weighted by Crippen LogP contribution is -2.63. The molecule has 0 bridgehead atoms. The molecule has 0 aromatic carbocycles. The Bertz CT molecular complexity index is 1220. The number of ether oxygens (including phenoxy) is 8. The molecule has 0 unspecified atom stereocenters. The topological polar surface area (TPSA) is 168 Å². The van der Waals surface area contributed by atoms with Gasteiger partial charge in [-0.3, -0.25) is 24.0 Å². The normalized spacial score (nSPS) is 30.7. The minimum Gasteiger partial charge on any atom is -0.472 e. The number of fused-ring (bicyclic) bond motifs is 1. The SMILES string of the molecule is CC(=O)OC[C@H]1O[C@@H](O[C@@H]2OC=C[C@@H]3[C@H]2C(CO[Si](C)(C)C(C)(C)C)=C[C@H]3OC(C)=O)[C@H](OC(C)=O)[C@@H](OC(C)=O)[C@@H]1OC(C)=O. The summed E-state index contributed by atoms with van der Waals surface area (Å²) in [5, 5.41) is -0.0753. The molecular formula is C31H46O14Si. The van der Waals surface area contributed by atoms with Crippen LogP contribution < -0.4 is 0 Å². The number of carbonyl (C=O) groups is 5. The first-order chi connectivity index (χ1) is 21.3. The molecule has 3 aliphatic rings. The molecule has 0 amide bonds. The molecule has 1 saturated heterocycles. The van der Waals surface area contributed by atoms with Crippen molar-refractivity contribution in [3.8, 4) is 0 Å². The van der Waals surface area contributed by atoms with Gasteiger partial charge in [-0.2, -0.15) is 0 Å². The van der Waals surface area contributed by atoms with Crippen LogP contribution in [0.2, 0.25) is 18.1 Å². The molecule has 3 rings (SSSR count). The van der Waals surface area contributed by atoms with Crippen LogP contribution in [0.15, 0.2) is 24.0 Å². The van der Waals surface area contributed by atoms with E-state index >= 15 is 0 Å². The fourth-order valence-corrected chi connectivity index (χ4v) is 6.20. The average molecular weight is 671 g/mol. The van der Waals surface area contributed by atoms with Crippen LogP contribution >= 0.6 is 0 Å². The smallest absolute Gasteiger partial charge is 0.303 e. The molecule has 1 fully saturated rings. The van der Waals surface area contributed by atoms with Crippen molar-refractivity contribution in [2.75, 3.05) is 13.2 Å². The molecular weight excluding hydrogens is 624 g/mol. The van der Waals surface area contributed by atoms with Gasteiger partial charge in [0.05, 0.1) is 18.8 Å². The third kappa shape index (κ3) is 9.39. The van der Waals surface area contributed by atoms with Crippen LogP contribution in [-0.4, -0.2) is 94.5 Å². The molecule has 46 heavy (non-hydrogen) atoms. The van der Waals surface area contributed by atoms with Gasteiger partial charge in [-0.05, 0) is 35.9 Å². The highest BCUT2D eigenvalue weighted by Crippen LogP contribution is 2.44. The third-order valence-corrected chi connectivity index (χ3v) is 12.8. The van der Waals surface area contributed by atoms with E-state index in [1.807, 2.05) is 6.08 Å². The van der Waals surface area contributed by atoms with Crippen molar-refractivity contribution in [2.45, 2.75) is 117 Å². The molecule has 0 saturated carbocycles. The lowest BCUT2D eigenvalue weighted by Gasteiger charge is -2.45. The monoisotopic (exact) mass is 670 g/mol. The number of carbonyl (C=O) groups excluding carboxylic acids is 5. The van der Waals surface area contributed by atoms with E-state index < -0.39 is 99.7 Å². The highest BCUT2D eigenvalue weighted by molar-refractivity contribution is 6.74. The summed E-state index contributed by atoms with van der Waals surface area (Å²) in [5.41, 5.74) is 0.765. The maximum absolute atomic E-state index is 12.3. The standard InChI is InChI=1S/C31H46O14Si/c1-16(32)38-15-24-26(41-18(3)34)27(42-19(4)35)28(43-20(5)36)30(44-24)45-29-25-21(14-39-46(9,10)31(6,7)8)13-23(40-17(2)33)22(25)11-12-37-29/h11-13,22-30H,14-15H2,1-10H3/t22-,23+,24+,25+,26+,27-,28+,29-,30-/m0/s1. The van der Waals surface area contributed by atoms with Crippen LogP contribution in [-0.2, 0) is 66.3 Å². The minimum absolute atomic E-state index is 0.0753. The van der Waals surface area contributed by atoms with E-state index in [1.54, 1.807) is 6.08 Å². The zero-order chi connectivity index (χ0) is 34.6. The van der Waals surface area contributed by atoms with Crippen LogP contribution in [0.1, 0.15) is 55.4 Å². The Morgan fingerprint density at radius 2 is 1.35 bits per heavy atom. The summed E-state index contributed by atoms with van der Waals surface area (Å²) in [7, 11) is -2.21. The Morgan fingerprint density at radius 1 is 0.783 bits per heavy atom.